The van der Waals surface area contributed by atoms with Gasteiger partial charge in [0.1, 0.15) is 0 Å². The van der Waals surface area contributed by atoms with Gasteiger partial charge in [-0.3, -0.25) is 0 Å². The van der Waals surface area contributed by atoms with E-state index in [0.29, 0.717) is 0 Å². The first kappa shape index (κ1) is 26.3. The summed E-state index contributed by atoms with van der Waals surface area (Å²) in [6, 6.07) is 11.0. The summed E-state index contributed by atoms with van der Waals surface area (Å²) in [5, 5.41) is 0. The molecule has 0 amide bonds. The number of hydrogen-bond donors (Lipinski definition) is 0. The topological polar surface area (TPSA) is 0 Å². The molecule has 0 nitrogen and oxygen atoms in total. The van der Waals surface area contributed by atoms with Gasteiger partial charge in [-0.25, -0.2) is 0 Å². The van der Waals surface area contributed by atoms with E-state index in [4.69, 9.17) is 0 Å². The van der Waals surface area contributed by atoms with Gasteiger partial charge in [0.2, 0.25) is 0 Å². The van der Waals surface area contributed by atoms with Crippen LogP contribution in [0.5, 0.6) is 0 Å². The Morgan fingerprint density at radius 3 is 1.83 bits per heavy atom. The van der Waals surface area contributed by atoms with Gasteiger partial charge in [-0.2, -0.15) is 0 Å². The third-order valence-corrected chi connectivity index (χ3v) is 22.1. The summed E-state index contributed by atoms with van der Waals surface area (Å²) >= 11 is -2.48. The van der Waals surface area contributed by atoms with Crippen LogP contribution in [0.1, 0.15) is 64.9 Å². The van der Waals surface area contributed by atoms with E-state index in [2.05, 4.69) is 100 Å². The van der Waals surface area contributed by atoms with Crippen molar-refractivity contribution in [2.75, 3.05) is 0 Å². The van der Waals surface area contributed by atoms with Crippen LogP contribution in [0.2, 0.25) is 33.0 Å². The van der Waals surface area contributed by atoms with Crippen LogP contribution in [0.4, 0.5) is 0 Å². The van der Waals surface area contributed by atoms with Crippen LogP contribution >= 0.6 is 0 Å². The van der Waals surface area contributed by atoms with Gasteiger partial charge in [0.15, 0.2) is 0 Å². The molecule has 0 aliphatic rings. The average Bonchev–Trinajstić information content (AvgIpc) is 2.70. The summed E-state index contributed by atoms with van der Waals surface area (Å²) in [6.45, 7) is 14.0. The van der Waals surface area contributed by atoms with Crippen molar-refractivity contribution < 1.29 is 0 Å². The molecule has 2 heteroatoms. The van der Waals surface area contributed by atoms with Crippen LogP contribution in [-0.2, 0) is 0 Å². The fourth-order valence-corrected chi connectivity index (χ4v) is 20.4. The second-order valence-corrected chi connectivity index (χ2v) is 27.4. The van der Waals surface area contributed by atoms with Crippen molar-refractivity contribution in [3.8, 4) is 11.5 Å². The van der Waals surface area contributed by atoms with Crippen molar-refractivity contribution in [2.45, 2.75) is 92.2 Å². The average molecular weight is 515 g/mol. The number of unbranched alkanes of at least 4 members (excludes halogenated alkanes) is 3. The molecule has 0 fully saturated rings. The van der Waals surface area contributed by atoms with Crippen molar-refractivity contribution in [1.29, 1.82) is 0 Å². The molecule has 0 unspecified atom stereocenters. The molecular weight excluding hydrogens is 471 g/mol. The monoisotopic (exact) mass is 516 g/mol. The molecule has 0 atom stereocenters. The zero-order chi connectivity index (χ0) is 21.6. The Kier molecular flexibility index (Phi) is 13.0. The van der Waals surface area contributed by atoms with E-state index in [1.54, 1.807) is 3.59 Å². The predicted molar refractivity (Wildman–Crippen MR) is 140 cm³/mol. The van der Waals surface area contributed by atoms with Gasteiger partial charge >= 0.3 is 188 Å². The van der Waals surface area contributed by atoms with E-state index in [1.165, 1.54) is 57.4 Å². The predicted octanol–water partition coefficient (Wildman–Crippen LogP) is 8.90. The maximum absolute atomic E-state index is 3.52. The minimum atomic E-state index is -2.48. The molecule has 0 radical (unpaired) electrons. The van der Waals surface area contributed by atoms with Crippen LogP contribution in [0, 0.1) is 11.5 Å². The van der Waals surface area contributed by atoms with Gasteiger partial charge in [0.25, 0.3) is 0 Å². The van der Waals surface area contributed by atoms with Crippen LogP contribution in [0.15, 0.2) is 46.1 Å². The number of rotatable bonds is 12. The molecule has 1 rings (SSSR count). The number of allylic oxidation sites excluding steroid dienone is 3. The number of hydrogen-bond acceptors (Lipinski definition) is 0. The van der Waals surface area contributed by atoms with E-state index >= 15 is 0 Å². The van der Waals surface area contributed by atoms with Crippen molar-refractivity contribution in [1.82, 2.24) is 0 Å². The van der Waals surface area contributed by atoms with E-state index in [-0.39, 0.29) is 0 Å². The number of benzene rings is 1. The molecule has 0 bridgehead atoms. The molecule has 29 heavy (non-hydrogen) atoms. The Bertz CT molecular complexity index is 661. The van der Waals surface area contributed by atoms with Crippen LogP contribution in [-0.4, -0.2) is 26.5 Å². The summed E-state index contributed by atoms with van der Waals surface area (Å²) in [5.74, 6) is 3.41. The van der Waals surface area contributed by atoms with E-state index < -0.39 is 26.5 Å². The Balaban J connectivity index is 3.43. The van der Waals surface area contributed by atoms with Gasteiger partial charge in [-0.05, 0) is 0 Å². The molecule has 160 valence electrons. The summed E-state index contributed by atoms with van der Waals surface area (Å²) in [7, 11) is -1.33. The third kappa shape index (κ3) is 10.7. The Morgan fingerprint density at radius 1 is 0.862 bits per heavy atom. The molecule has 0 N–H and O–H groups in total. The van der Waals surface area contributed by atoms with Crippen molar-refractivity contribution >= 4 is 32.5 Å². The molecule has 0 aliphatic carbocycles. The Morgan fingerprint density at radius 2 is 1.38 bits per heavy atom. The second kappa shape index (κ2) is 14.3. The minimum absolute atomic E-state index is 1.31. The Labute approximate surface area is 187 Å². The van der Waals surface area contributed by atoms with Crippen molar-refractivity contribution in [3.63, 3.8) is 0 Å². The summed E-state index contributed by atoms with van der Waals surface area (Å²) in [4.78, 5) is 0. The molecule has 0 heterocycles. The summed E-state index contributed by atoms with van der Waals surface area (Å²) in [5.41, 5.74) is 4.88. The molecule has 0 aromatic heterocycles. The zero-order valence-corrected chi connectivity index (χ0v) is 23.8. The van der Waals surface area contributed by atoms with Gasteiger partial charge in [-0.1, -0.05) is 0 Å². The summed E-state index contributed by atoms with van der Waals surface area (Å²) in [6.07, 6.45) is 15.3. The van der Waals surface area contributed by atoms with Crippen LogP contribution < -0.4 is 0 Å². The second-order valence-electron chi connectivity index (χ2n) is 9.45. The van der Waals surface area contributed by atoms with E-state index in [9.17, 15) is 0 Å². The fourth-order valence-electron chi connectivity index (χ4n) is 3.85. The normalized spacial score (nSPS) is 12.8. The first-order valence-corrected chi connectivity index (χ1v) is 22.8. The third-order valence-electron chi connectivity index (χ3n) is 5.55. The fraction of sp³-hybridized carbons (Fsp3) is 0.556. The molecule has 1 aromatic carbocycles. The van der Waals surface area contributed by atoms with Gasteiger partial charge in [0, 0.05) is 0 Å². The molecule has 1 aromatic rings. The maximum atomic E-state index is 3.52. The zero-order valence-electron chi connectivity index (χ0n) is 20.0. The molecular formula is C27H44SiSn. The molecule has 0 saturated carbocycles. The standard InChI is InChI=1S/C15H17Si.3C4H9.Sn/c1-16(2,3)14-10-5-4-7-11-15-12-8-6-9-13-15;3*1-3-4-2;/h4-6,8-9,11-13H,1-3H3;3*1,3-4H2,2H3;/b5-4-,11-7?;;;;. The van der Waals surface area contributed by atoms with Crippen molar-refractivity contribution in [2.24, 2.45) is 0 Å². The van der Waals surface area contributed by atoms with Gasteiger partial charge in [-0.15, -0.1) is 0 Å². The molecule has 0 aliphatic heterocycles. The SMILES string of the molecule is CCC[CH2][Sn]([CH2]CCC)([CH2]CCC)[C](/C=C\C#C[Si](C)(C)C)=C/c1ccccc1. The van der Waals surface area contributed by atoms with Crippen molar-refractivity contribution in [3.05, 3.63) is 51.6 Å². The summed E-state index contributed by atoms with van der Waals surface area (Å²) < 4.78 is 6.19. The van der Waals surface area contributed by atoms with Gasteiger partial charge in [0.05, 0.1) is 0 Å². The molecule has 0 spiro atoms. The Hall–Kier alpha value is -0.724. The quantitative estimate of drug-likeness (QED) is 0.148. The first-order valence-electron chi connectivity index (χ1n) is 11.8. The van der Waals surface area contributed by atoms with Gasteiger partial charge < -0.3 is 0 Å². The van der Waals surface area contributed by atoms with E-state index in [0.717, 1.165) is 0 Å². The first-order chi connectivity index (χ1) is 13.9. The van der Waals surface area contributed by atoms with E-state index in [1.807, 2.05) is 0 Å². The van der Waals surface area contributed by atoms with Crippen LogP contribution in [0.3, 0.4) is 0 Å². The molecule has 0 saturated heterocycles. The van der Waals surface area contributed by atoms with Crippen LogP contribution in [0.25, 0.3) is 6.08 Å².